The molecular formula is C16H31O6P. The molecule has 0 aliphatic rings. The minimum atomic E-state index is -3.56. The zero-order chi connectivity index (χ0) is 17.9. The van der Waals surface area contributed by atoms with E-state index in [2.05, 4.69) is 0 Å². The predicted octanol–water partition coefficient (Wildman–Crippen LogP) is 4.32. The minimum absolute atomic E-state index is 0.0165. The molecule has 0 heterocycles. The Bertz CT molecular complexity index is 407. The summed E-state index contributed by atoms with van der Waals surface area (Å²) < 4.78 is 27.7. The third-order valence-corrected chi connectivity index (χ3v) is 4.95. The molecule has 2 atom stereocenters. The molecule has 0 amide bonds. The lowest BCUT2D eigenvalue weighted by atomic mass is 10.0. The molecule has 0 saturated carbocycles. The SMILES string of the molecule is CCCOP(=O)(OC)OC(CC)CCC(=O)CCC(=O)C(C)C. The number of carbonyl (C=O) groups excluding carboxylic acids is 2. The van der Waals surface area contributed by atoms with E-state index in [-0.39, 0.29) is 43.0 Å². The van der Waals surface area contributed by atoms with Crippen molar-refractivity contribution < 1.29 is 27.7 Å². The van der Waals surface area contributed by atoms with Gasteiger partial charge in [-0.25, -0.2) is 4.57 Å². The number of carbonyl (C=O) groups is 2. The maximum absolute atomic E-state index is 12.2. The van der Waals surface area contributed by atoms with Crippen LogP contribution in [-0.4, -0.2) is 31.4 Å². The second-order valence-corrected chi connectivity index (χ2v) is 7.53. The molecule has 0 radical (unpaired) electrons. The topological polar surface area (TPSA) is 78.9 Å². The summed E-state index contributed by atoms with van der Waals surface area (Å²) in [6.45, 7) is 7.72. The third-order valence-electron chi connectivity index (χ3n) is 3.45. The highest BCUT2D eigenvalue weighted by molar-refractivity contribution is 7.48. The van der Waals surface area contributed by atoms with E-state index in [1.54, 1.807) is 0 Å². The highest BCUT2D eigenvalue weighted by Gasteiger charge is 2.28. The van der Waals surface area contributed by atoms with Gasteiger partial charge < -0.3 is 0 Å². The van der Waals surface area contributed by atoms with Crippen LogP contribution in [0.25, 0.3) is 0 Å². The fourth-order valence-electron chi connectivity index (χ4n) is 1.84. The van der Waals surface area contributed by atoms with Crippen LogP contribution in [0, 0.1) is 5.92 Å². The van der Waals surface area contributed by atoms with Crippen molar-refractivity contribution >= 4 is 19.4 Å². The van der Waals surface area contributed by atoms with Gasteiger partial charge in [0.2, 0.25) is 0 Å². The summed E-state index contributed by atoms with van der Waals surface area (Å²) >= 11 is 0. The van der Waals surface area contributed by atoms with Crippen molar-refractivity contribution in [2.24, 2.45) is 5.92 Å². The molecule has 0 rings (SSSR count). The molecule has 136 valence electrons. The lowest BCUT2D eigenvalue weighted by Crippen LogP contribution is -2.15. The number of ketones is 2. The highest BCUT2D eigenvalue weighted by atomic mass is 31.2. The number of Topliss-reactive ketones (excluding diaryl/α,β-unsaturated/α-hetero) is 2. The van der Waals surface area contributed by atoms with Gasteiger partial charge >= 0.3 is 7.82 Å². The van der Waals surface area contributed by atoms with Crippen LogP contribution in [0.1, 0.15) is 66.2 Å². The van der Waals surface area contributed by atoms with E-state index in [1.165, 1.54) is 7.11 Å². The van der Waals surface area contributed by atoms with Crippen molar-refractivity contribution in [1.82, 2.24) is 0 Å². The van der Waals surface area contributed by atoms with Crippen LogP contribution in [0.2, 0.25) is 0 Å². The molecule has 0 aliphatic heterocycles. The molecule has 7 heteroatoms. The Hall–Kier alpha value is -0.550. The molecular weight excluding hydrogens is 319 g/mol. The molecule has 6 nitrogen and oxygen atoms in total. The van der Waals surface area contributed by atoms with Crippen LogP contribution in [0.4, 0.5) is 0 Å². The summed E-state index contributed by atoms with van der Waals surface area (Å²) in [5.41, 5.74) is 0. The van der Waals surface area contributed by atoms with Crippen LogP contribution in [0.3, 0.4) is 0 Å². The lowest BCUT2D eigenvalue weighted by molar-refractivity contribution is -0.126. The van der Waals surface area contributed by atoms with Gasteiger partial charge in [-0.2, -0.15) is 0 Å². The second kappa shape index (κ2) is 11.9. The molecule has 23 heavy (non-hydrogen) atoms. The standard InChI is InChI=1S/C16H31O6P/c1-6-12-21-23(19,20-5)22-15(7-2)10-8-14(17)9-11-16(18)13(3)4/h13,15H,6-12H2,1-5H3. The van der Waals surface area contributed by atoms with E-state index in [9.17, 15) is 14.2 Å². The van der Waals surface area contributed by atoms with Crippen molar-refractivity contribution in [3.05, 3.63) is 0 Å². The van der Waals surface area contributed by atoms with Crippen LogP contribution < -0.4 is 0 Å². The maximum Gasteiger partial charge on any atom is 0.474 e. The first-order valence-corrected chi connectivity index (χ1v) is 9.77. The number of phosphoric acid groups is 1. The largest absolute Gasteiger partial charge is 0.474 e. The molecule has 0 aromatic carbocycles. The fraction of sp³-hybridized carbons (Fsp3) is 0.875. The maximum atomic E-state index is 12.2. The molecule has 0 bridgehead atoms. The zero-order valence-electron chi connectivity index (χ0n) is 15.0. The third kappa shape index (κ3) is 10.0. The van der Waals surface area contributed by atoms with Gasteiger partial charge in [-0.3, -0.25) is 23.2 Å². The smallest absolute Gasteiger partial charge is 0.300 e. The first-order chi connectivity index (χ1) is 10.8. The average Bonchev–Trinajstić information content (AvgIpc) is 2.54. The van der Waals surface area contributed by atoms with Gasteiger partial charge in [0.15, 0.2) is 0 Å². The van der Waals surface area contributed by atoms with Gasteiger partial charge in [-0.15, -0.1) is 0 Å². The summed E-state index contributed by atoms with van der Waals surface area (Å²) in [5, 5.41) is 0. The molecule has 0 aromatic rings. The Morgan fingerprint density at radius 2 is 1.74 bits per heavy atom. The lowest BCUT2D eigenvalue weighted by Gasteiger charge is -2.21. The Morgan fingerprint density at radius 1 is 1.09 bits per heavy atom. The van der Waals surface area contributed by atoms with Gasteiger partial charge in [-0.05, 0) is 19.3 Å². The Kier molecular flexibility index (Phi) is 11.6. The first kappa shape index (κ1) is 22.4. The first-order valence-electron chi connectivity index (χ1n) is 8.31. The van der Waals surface area contributed by atoms with Gasteiger partial charge in [0, 0.05) is 32.3 Å². The average molecular weight is 350 g/mol. The quantitative estimate of drug-likeness (QED) is 0.434. The molecule has 0 spiro atoms. The molecule has 0 saturated heterocycles. The Labute approximate surface area is 139 Å². The van der Waals surface area contributed by atoms with E-state index in [0.29, 0.717) is 25.7 Å². The Morgan fingerprint density at radius 3 is 2.22 bits per heavy atom. The molecule has 0 fully saturated rings. The molecule has 0 N–H and O–H groups in total. The van der Waals surface area contributed by atoms with Crippen LogP contribution >= 0.6 is 7.82 Å². The molecule has 2 unspecified atom stereocenters. The fourth-order valence-corrected chi connectivity index (χ4v) is 3.12. The monoisotopic (exact) mass is 350 g/mol. The van der Waals surface area contributed by atoms with Crippen molar-refractivity contribution in [2.45, 2.75) is 72.3 Å². The van der Waals surface area contributed by atoms with Crippen LogP contribution in [0.15, 0.2) is 0 Å². The van der Waals surface area contributed by atoms with Crippen molar-refractivity contribution in [3.8, 4) is 0 Å². The van der Waals surface area contributed by atoms with E-state index < -0.39 is 7.82 Å². The van der Waals surface area contributed by atoms with Crippen molar-refractivity contribution in [2.75, 3.05) is 13.7 Å². The summed E-state index contributed by atoms with van der Waals surface area (Å²) in [6, 6.07) is 0. The van der Waals surface area contributed by atoms with Gasteiger partial charge in [0.05, 0.1) is 12.7 Å². The number of phosphoric ester groups is 1. The molecule has 0 aliphatic carbocycles. The minimum Gasteiger partial charge on any atom is -0.300 e. The number of hydrogen-bond acceptors (Lipinski definition) is 6. The Balaban J connectivity index is 4.30. The van der Waals surface area contributed by atoms with Crippen molar-refractivity contribution in [1.29, 1.82) is 0 Å². The van der Waals surface area contributed by atoms with Crippen LogP contribution in [0.5, 0.6) is 0 Å². The van der Waals surface area contributed by atoms with Gasteiger partial charge in [-0.1, -0.05) is 27.7 Å². The molecule has 0 aromatic heterocycles. The van der Waals surface area contributed by atoms with Crippen LogP contribution in [-0.2, 0) is 27.7 Å². The normalized spacial score (nSPS) is 15.4. The van der Waals surface area contributed by atoms with E-state index >= 15 is 0 Å². The number of hydrogen-bond donors (Lipinski definition) is 0. The highest BCUT2D eigenvalue weighted by Crippen LogP contribution is 2.50. The van der Waals surface area contributed by atoms with E-state index in [4.69, 9.17) is 13.6 Å². The van der Waals surface area contributed by atoms with Crippen molar-refractivity contribution in [3.63, 3.8) is 0 Å². The summed E-state index contributed by atoms with van der Waals surface area (Å²) in [4.78, 5) is 23.4. The summed E-state index contributed by atoms with van der Waals surface area (Å²) in [6.07, 6.45) is 2.20. The van der Waals surface area contributed by atoms with Gasteiger partial charge in [0.1, 0.15) is 11.6 Å². The zero-order valence-corrected chi connectivity index (χ0v) is 15.9. The summed E-state index contributed by atoms with van der Waals surface area (Å²) in [7, 11) is -2.28. The predicted molar refractivity (Wildman–Crippen MR) is 89.3 cm³/mol. The number of rotatable bonds is 14. The van der Waals surface area contributed by atoms with E-state index in [1.807, 2.05) is 27.7 Å². The second-order valence-electron chi connectivity index (χ2n) is 5.80. The van der Waals surface area contributed by atoms with E-state index in [0.717, 1.165) is 0 Å². The summed E-state index contributed by atoms with van der Waals surface area (Å²) in [5.74, 6) is 0.0686. The van der Waals surface area contributed by atoms with Gasteiger partial charge in [0.25, 0.3) is 0 Å².